The summed E-state index contributed by atoms with van der Waals surface area (Å²) in [5.74, 6) is -0.155. The second-order valence-electron chi connectivity index (χ2n) is 26.3. The van der Waals surface area contributed by atoms with Gasteiger partial charge in [0.25, 0.3) is 7.82 Å². The monoisotopic (exact) mass is 1150 g/mol. The summed E-state index contributed by atoms with van der Waals surface area (Å²) >= 11 is 0. The number of carbonyl (C=O) groups is 1. The van der Waals surface area contributed by atoms with Crippen molar-refractivity contribution in [2.75, 3.05) is 40.9 Å². The number of amides is 1. The van der Waals surface area contributed by atoms with Crippen LogP contribution in [0.3, 0.4) is 0 Å². The van der Waals surface area contributed by atoms with Crippen molar-refractivity contribution in [1.82, 2.24) is 5.32 Å². The number of phosphoric ester groups is 1. The van der Waals surface area contributed by atoms with Gasteiger partial charge in [-0.2, -0.15) is 0 Å². The molecule has 0 fully saturated rings. The summed E-state index contributed by atoms with van der Waals surface area (Å²) < 4.78 is 23.5. The van der Waals surface area contributed by atoms with Gasteiger partial charge in [0.05, 0.1) is 39.9 Å². The molecule has 0 aliphatic carbocycles. The number of carbonyl (C=O) groups excluding carboxylic acids is 1. The van der Waals surface area contributed by atoms with Gasteiger partial charge < -0.3 is 28.8 Å². The highest BCUT2D eigenvalue weighted by molar-refractivity contribution is 7.45. The van der Waals surface area contributed by atoms with Crippen LogP contribution in [-0.4, -0.2) is 68.5 Å². The minimum absolute atomic E-state index is 0.0162. The van der Waals surface area contributed by atoms with Crippen molar-refractivity contribution in [3.63, 3.8) is 0 Å². The molecule has 0 bridgehead atoms. The zero-order valence-corrected chi connectivity index (χ0v) is 55.7. The molecule has 478 valence electrons. The molecule has 3 unspecified atom stereocenters. The fourth-order valence-electron chi connectivity index (χ4n) is 11.4. The highest BCUT2D eigenvalue weighted by atomic mass is 31.2. The molecule has 0 aromatic carbocycles. The molecule has 80 heavy (non-hydrogen) atoms. The molecule has 0 heterocycles. The average molecular weight is 1150 g/mol. The van der Waals surface area contributed by atoms with Crippen molar-refractivity contribution in [2.45, 2.75) is 398 Å². The molecule has 0 saturated heterocycles. The summed E-state index contributed by atoms with van der Waals surface area (Å²) in [6.07, 6.45) is 80.3. The van der Waals surface area contributed by atoms with E-state index in [1.54, 1.807) is 0 Å². The van der Waals surface area contributed by atoms with Crippen molar-refractivity contribution in [3.8, 4) is 0 Å². The molecule has 1 amide bonds. The van der Waals surface area contributed by atoms with Crippen molar-refractivity contribution < 1.29 is 32.9 Å². The third kappa shape index (κ3) is 64.8. The lowest BCUT2D eigenvalue weighted by molar-refractivity contribution is -0.870. The van der Waals surface area contributed by atoms with Gasteiger partial charge in [0.15, 0.2) is 0 Å². The van der Waals surface area contributed by atoms with Crippen molar-refractivity contribution in [3.05, 3.63) is 12.2 Å². The van der Waals surface area contributed by atoms with Gasteiger partial charge in [-0.3, -0.25) is 9.36 Å². The van der Waals surface area contributed by atoms with Crippen LogP contribution < -0.4 is 10.2 Å². The zero-order chi connectivity index (χ0) is 58.4. The van der Waals surface area contributed by atoms with Crippen LogP contribution in [0, 0.1) is 0 Å². The number of hydrogen-bond acceptors (Lipinski definition) is 6. The minimum atomic E-state index is -4.57. The molecule has 9 heteroatoms. The number of aliphatic hydroxyl groups excluding tert-OH is 1. The Labute approximate surface area is 501 Å². The number of unbranched alkanes of at least 4 members (excludes halogenated alkanes) is 53. The number of rotatable bonds is 68. The van der Waals surface area contributed by atoms with E-state index in [1.807, 2.05) is 21.1 Å². The lowest BCUT2D eigenvalue weighted by Gasteiger charge is -2.30. The Morgan fingerprint density at radius 3 is 0.975 bits per heavy atom. The standard InChI is InChI=1S/C71H143N2O6P/c1-6-8-10-12-14-16-18-20-22-24-25-26-27-28-29-30-31-32-33-34-35-36-37-38-39-40-41-42-43-44-45-46-47-49-51-53-55-57-59-61-63-65-71(75)72-69(68-79-80(76,77)78-67-66-73(3,4)5)70(74)64-62-60-58-56-54-52-50-48-23-21-19-17-15-13-11-9-7-2/h24-25,69-70,74H,6-23,26-68H2,1-5H3,(H-,72,75,76,77)/b25-24-. The number of hydrogen-bond donors (Lipinski definition) is 2. The van der Waals surface area contributed by atoms with Crippen LogP contribution in [0.5, 0.6) is 0 Å². The van der Waals surface area contributed by atoms with Gasteiger partial charge in [0.2, 0.25) is 5.91 Å². The van der Waals surface area contributed by atoms with Gasteiger partial charge in [-0.05, 0) is 38.5 Å². The molecule has 8 nitrogen and oxygen atoms in total. The quantitative estimate of drug-likeness (QED) is 0.0272. The summed E-state index contributed by atoms with van der Waals surface area (Å²) in [7, 11) is 1.33. The Kier molecular flexibility index (Phi) is 62.2. The molecule has 2 N–H and O–H groups in total. The fourth-order valence-corrected chi connectivity index (χ4v) is 12.1. The third-order valence-electron chi connectivity index (χ3n) is 17.0. The Morgan fingerprint density at radius 1 is 0.425 bits per heavy atom. The second-order valence-corrected chi connectivity index (χ2v) is 27.7. The van der Waals surface area contributed by atoms with Crippen LogP contribution >= 0.6 is 7.82 Å². The highest BCUT2D eigenvalue weighted by Crippen LogP contribution is 2.38. The lowest BCUT2D eigenvalue weighted by atomic mass is 10.0. The van der Waals surface area contributed by atoms with Crippen molar-refractivity contribution >= 4 is 13.7 Å². The van der Waals surface area contributed by atoms with Gasteiger partial charge >= 0.3 is 0 Å². The highest BCUT2D eigenvalue weighted by Gasteiger charge is 2.24. The molecule has 0 spiro atoms. The lowest BCUT2D eigenvalue weighted by Crippen LogP contribution is -2.46. The van der Waals surface area contributed by atoms with E-state index in [0.717, 1.165) is 38.5 Å². The molecule has 3 atom stereocenters. The van der Waals surface area contributed by atoms with E-state index in [9.17, 15) is 19.4 Å². The molecule has 0 aliphatic rings. The van der Waals surface area contributed by atoms with E-state index >= 15 is 0 Å². The van der Waals surface area contributed by atoms with Crippen LogP contribution in [0.2, 0.25) is 0 Å². The second kappa shape index (κ2) is 62.8. The summed E-state index contributed by atoms with van der Waals surface area (Å²) in [5.41, 5.74) is 0. The molecule has 0 rings (SSSR count). The minimum Gasteiger partial charge on any atom is -0.756 e. The topological polar surface area (TPSA) is 108 Å². The normalized spacial score (nSPS) is 13.6. The maximum absolute atomic E-state index is 13.0. The Hall–Kier alpha value is -0.760. The number of allylic oxidation sites excluding steroid dienone is 2. The summed E-state index contributed by atoms with van der Waals surface area (Å²) in [4.78, 5) is 25.6. The largest absolute Gasteiger partial charge is 0.756 e. The van der Waals surface area contributed by atoms with Gasteiger partial charge in [-0.1, -0.05) is 353 Å². The van der Waals surface area contributed by atoms with Crippen molar-refractivity contribution in [1.29, 1.82) is 0 Å². The number of nitrogens with zero attached hydrogens (tertiary/aromatic N) is 1. The van der Waals surface area contributed by atoms with E-state index in [4.69, 9.17) is 9.05 Å². The smallest absolute Gasteiger partial charge is 0.268 e. The summed E-state index contributed by atoms with van der Waals surface area (Å²) in [5, 5.41) is 14.1. The van der Waals surface area contributed by atoms with Crippen LogP contribution in [-0.2, 0) is 18.4 Å². The summed E-state index contributed by atoms with van der Waals surface area (Å²) in [6.45, 7) is 4.78. The third-order valence-corrected chi connectivity index (χ3v) is 18.0. The van der Waals surface area contributed by atoms with Gasteiger partial charge in [-0.15, -0.1) is 0 Å². The molecule has 0 aromatic heterocycles. The Balaban J connectivity index is 3.82. The van der Waals surface area contributed by atoms with E-state index in [1.165, 1.54) is 321 Å². The molecular weight excluding hydrogens is 1010 g/mol. The first kappa shape index (κ1) is 79.2. The van der Waals surface area contributed by atoms with E-state index in [-0.39, 0.29) is 19.1 Å². The maximum Gasteiger partial charge on any atom is 0.268 e. The predicted molar refractivity (Wildman–Crippen MR) is 349 cm³/mol. The predicted octanol–water partition coefficient (Wildman–Crippen LogP) is 22.3. The van der Waals surface area contributed by atoms with Crippen LogP contribution in [0.15, 0.2) is 12.2 Å². The maximum atomic E-state index is 13.0. The molecule has 0 aromatic rings. The Morgan fingerprint density at radius 2 is 0.688 bits per heavy atom. The van der Waals surface area contributed by atoms with E-state index in [0.29, 0.717) is 23.9 Å². The summed E-state index contributed by atoms with van der Waals surface area (Å²) in [6, 6.07) is -0.797. The average Bonchev–Trinajstić information content (AvgIpc) is 3.42. The first-order valence-corrected chi connectivity index (χ1v) is 37.5. The number of phosphoric acid groups is 1. The molecule has 0 aliphatic heterocycles. The van der Waals surface area contributed by atoms with Gasteiger partial charge in [0, 0.05) is 6.42 Å². The van der Waals surface area contributed by atoms with Gasteiger partial charge in [0.1, 0.15) is 13.2 Å². The van der Waals surface area contributed by atoms with Gasteiger partial charge in [-0.25, -0.2) is 0 Å². The van der Waals surface area contributed by atoms with E-state index in [2.05, 4.69) is 31.3 Å². The number of aliphatic hydroxyl groups is 1. The zero-order valence-electron chi connectivity index (χ0n) is 54.8. The molecule has 0 radical (unpaired) electrons. The van der Waals surface area contributed by atoms with Crippen LogP contribution in [0.25, 0.3) is 0 Å². The molecular formula is C71H143N2O6P. The fraction of sp³-hybridized carbons (Fsp3) is 0.958. The van der Waals surface area contributed by atoms with Crippen LogP contribution in [0.4, 0.5) is 0 Å². The number of quaternary nitrogens is 1. The number of nitrogens with one attached hydrogen (secondary N) is 1. The molecule has 0 saturated carbocycles. The first-order valence-electron chi connectivity index (χ1n) is 36.0. The SMILES string of the molecule is CCCCCCCCCC/C=C\CCCCCCCCCCCCCCCCCCCCCCCCCCCCCCCC(=O)NC(COP(=O)([O-])OCC[N+](C)(C)C)C(O)CCCCCCCCCCCCCCCCCCC. The van der Waals surface area contributed by atoms with E-state index < -0.39 is 20.0 Å². The Bertz CT molecular complexity index is 1310. The van der Waals surface area contributed by atoms with Crippen molar-refractivity contribution in [2.24, 2.45) is 0 Å². The van der Waals surface area contributed by atoms with Crippen LogP contribution in [0.1, 0.15) is 386 Å². The first-order chi connectivity index (χ1) is 39.0. The number of likely N-dealkylation sites (N-methyl/N-ethyl adjacent to an activating group) is 1.